The molecule has 0 amide bonds. The zero-order chi connectivity index (χ0) is 13.9. The number of ketones is 1. The van der Waals surface area contributed by atoms with Gasteiger partial charge in [0.15, 0.2) is 5.78 Å². The van der Waals surface area contributed by atoms with Crippen LogP contribution in [0.15, 0.2) is 18.2 Å². The summed E-state index contributed by atoms with van der Waals surface area (Å²) in [7, 11) is 0. The molecule has 0 spiro atoms. The number of hydrogen-bond acceptors (Lipinski definition) is 4. The number of nitriles is 1. The minimum atomic E-state index is -0.830. The molecule has 0 saturated carbocycles. The van der Waals surface area contributed by atoms with Gasteiger partial charge < -0.3 is 0 Å². The lowest BCUT2D eigenvalue weighted by Gasteiger charge is -2.11. The predicted octanol–water partition coefficient (Wildman–Crippen LogP) is 3.23. The van der Waals surface area contributed by atoms with E-state index in [0.29, 0.717) is 0 Å². The molecule has 0 aliphatic rings. The Balaban J connectivity index is 3.22. The molecule has 18 heavy (non-hydrogen) atoms. The first-order chi connectivity index (χ1) is 8.36. The number of carbonyl (C=O) groups excluding carboxylic acids is 1. The first kappa shape index (κ1) is 14.1. The van der Waals surface area contributed by atoms with E-state index in [1.807, 2.05) is 6.07 Å². The molecular weight excluding hydrogens is 256 g/mol. The highest BCUT2D eigenvalue weighted by Crippen LogP contribution is 2.24. The average Bonchev–Trinajstić information content (AvgIpc) is 2.28. The summed E-state index contributed by atoms with van der Waals surface area (Å²) in [5.41, 5.74) is -0.166. The fraction of sp³-hybridized carbons (Fsp3) is 0.333. The van der Waals surface area contributed by atoms with Gasteiger partial charge in [0.2, 0.25) is 0 Å². The third kappa shape index (κ3) is 3.05. The summed E-state index contributed by atoms with van der Waals surface area (Å²) in [6.45, 7) is 3.48. The molecule has 1 atom stereocenters. The van der Waals surface area contributed by atoms with Gasteiger partial charge in [-0.1, -0.05) is 25.4 Å². The van der Waals surface area contributed by atoms with E-state index in [1.54, 1.807) is 13.8 Å². The predicted molar refractivity (Wildman–Crippen MR) is 66.4 cm³/mol. The van der Waals surface area contributed by atoms with Crippen LogP contribution < -0.4 is 0 Å². The molecular formula is C12H11ClN2O3. The van der Waals surface area contributed by atoms with Gasteiger partial charge in [-0.15, -0.1) is 0 Å². The SMILES string of the molecule is CC(C)C(C#N)C(=O)c1cc(Cl)cc([N+](=O)[O-])c1. The summed E-state index contributed by atoms with van der Waals surface area (Å²) >= 11 is 5.73. The van der Waals surface area contributed by atoms with Crippen molar-refractivity contribution >= 4 is 23.1 Å². The zero-order valence-electron chi connectivity index (χ0n) is 9.88. The molecule has 1 unspecified atom stereocenters. The minimum absolute atomic E-state index is 0.0921. The standard InChI is InChI=1S/C12H11ClN2O3/c1-7(2)11(6-14)12(16)8-3-9(13)5-10(4-8)15(17)18/h3-5,7,11H,1-2H3. The quantitative estimate of drug-likeness (QED) is 0.476. The highest BCUT2D eigenvalue weighted by molar-refractivity contribution is 6.31. The molecule has 0 N–H and O–H groups in total. The van der Waals surface area contributed by atoms with Crippen molar-refractivity contribution in [1.82, 2.24) is 0 Å². The van der Waals surface area contributed by atoms with Crippen LogP contribution in [0.1, 0.15) is 24.2 Å². The van der Waals surface area contributed by atoms with Crippen molar-refractivity contribution in [3.63, 3.8) is 0 Å². The molecule has 0 heterocycles. The number of non-ortho nitro benzene ring substituents is 1. The highest BCUT2D eigenvalue weighted by Gasteiger charge is 2.25. The molecule has 6 heteroatoms. The van der Waals surface area contributed by atoms with Crippen LogP contribution >= 0.6 is 11.6 Å². The van der Waals surface area contributed by atoms with E-state index in [4.69, 9.17) is 16.9 Å². The second kappa shape index (κ2) is 5.61. The van der Waals surface area contributed by atoms with Crippen molar-refractivity contribution in [2.75, 3.05) is 0 Å². The maximum atomic E-state index is 12.0. The number of nitrogens with zero attached hydrogens (tertiary/aromatic N) is 2. The first-order valence-corrected chi connectivity index (χ1v) is 5.63. The van der Waals surface area contributed by atoms with Gasteiger partial charge in [0.1, 0.15) is 5.92 Å². The van der Waals surface area contributed by atoms with Gasteiger partial charge in [0, 0.05) is 22.7 Å². The number of rotatable bonds is 4. The molecule has 5 nitrogen and oxygen atoms in total. The molecule has 0 fully saturated rings. The van der Waals surface area contributed by atoms with Crippen molar-refractivity contribution < 1.29 is 9.72 Å². The van der Waals surface area contributed by atoms with Crippen molar-refractivity contribution in [3.8, 4) is 6.07 Å². The molecule has 1 aromatic carbocycles. The first-order valence-electron chi connectivity index (χ1n) is 5.25. The average molecular weight is 267 g/mol. The van der Waals surface area contributed by atoms with E-state index < -0.39 is 16.6 Å². The largest absolute Gasteiger partial charge is 0.293 e. The third-order valence-electron chi connectivity index (χ3n) is 2.47. The van der Waals surface area contributed by atoms with Gasteiger partial charge in [0.05, 0.1) is 11.0 Å². The van der Waals surface area contributed by atoms with Crippen LogP contribution in [-0.2, 0) is 0 Å². The Morgan fingerprint density at radius 2 is 2.06 bits per heavy atom. The lowest BCUT2D eigenvalue weighted by Crippen LogP contribution is -2.18. The van der Waals surface area contributed by atoms with Crippen molar-refractivity contribution in [1.29, 1.82) is 5.26 Å². The molecule has 0 bridgehead atoms. The summed E-state index contributed by atoms with van der Waals surface area (Å²) in [6, 6.07) is 5.54. The van der Waals surface area contributed by atoms with Crippen molar-refractivity contribution in [3.05, 3.63) is 38.9 Å². The lowest BCUT2D eigenvalue weighted by atomic mass is 9.89. The number of benzene rings is 1. The maximum Gasteiger partial charge on any atom is 0.271 e. The molecule has 0 saturated heterocycles. The van der Waals surface area contributed by atoms with Crippen molar-refractivity contribution in [2.45, 2.75) is 13.8 Å². The third-order valence-corrected chi connectivity index (χ3v) is 2.68. The van der Waals surface area contributed by atoms with Gasteiger partial charge >= 0.3 is 0 Å². The number of nitro groups is 1. The van der Waals surface area contributed by atoms with E-state index in [-0.39, 0.29) is 22.2 Å². The van der Waals surface area contributed by atoms with E-state index >= 15 is 0 Å². The van der Waals surface area contributed by atoms with Crippen LogP contribution in [0, 0.1) is 33.3 Å². The number of Topliss-reactive ketones (excluding diaryl/α,β-unsaturated/α-hetero) is 1. The van der Waals surface area contributed by atoms with Gasteiger partial charge in [-0.25, -0.2) is 0 Å². The second-order valence-electron chi connectivity index (χ2n) is 4.17. The fourth-order valence-electron chi connectivity index (χ4n) is 1.51. The monoisotopic (exact) mass is 266 g/mol. The van der Waals surface area contributed by atoms with E-state index in [2.05, 4.69) is 0 Å². The zero-order valence-corrected chi connectivity index (χ0v) is 10.6. The topological polar surface area (TPSA) is 84.0 Å². The van der Waals surface area contributed by atoms with E-state index in [0.717, 1.165) is 12.1 Å². The number of halogens is 1. The van der Waals surface area contributed by atoms with E-state index in [1.165, 1.54) is 6.07 Å². The van der Waals surface area contributed by atoms with Gasteiger partial charge in [-0.05, 0) is 12.0 Å². The Hall–Kier alpha value is -1.93. The molecule has 94 valence electrons. The Morgan fingerprint density at radius 3 is 2.50 bits per heavy atom. The molecule has 1 aromatic rings. The normalized spacial score (nSPS) is 11.9. The summed E-state index contributed by atoms with van der Waals surface area (Å²) in [6.07, 6.45) is 0. The Bertz CT molecular complexity index is 535. The van der Waals surface area contributed by atoms with Crippen LogP contribution in [0.4, 0.5) is 5.69 Å². The van der Waals surface area contributed by atoms with Crippen LogP contribution in [0.25, 0.3) is 0 Å². The van der Waals surface area contributed by atoms with Crippen LogP contribution in [0.5, 0.6) is 0 Å². The maximum absolute atomic E-state index is 12.0. The summed E-state index contributed by atoms with van der Waals surface area (Å²) in [4.78, 5) is 22.1. The fourth-order valence-corrected chi connectivity index (χ4v) is 1.74. The number of carbonyl (C=O) groups is 1. The molecule has 1 rings (SSSR count). The lowest BCUT2D eigenvalue weighted by molar-refractivity contribution is -0.384. The molecule has 0 aliphatic heterocycles. The van der Waals surface area contributed by atoms with Crippen LogP contribution in [-0.4, -0.2) is 10.7 Å². The van der Waals surface area contributed by atoms with Crippen LogP contribution in [0.2, 0.25) is 5.02 Å². The van der Waals surface area contributed by atoms with Gasteiger partial charge in [-0.2, -0.15) is 5.26 Å². The second-order valence-corrected chi connectivity index (χ2v) is 4.61. The molecule has 0 radical (unpaired) electrons. The van der Waals surface area contributed by atoms with Crippen molar-refractivity contribution in [2.24, 2.45) is 11.8 Å². The Labute approximate surface area is 109 Å². The smallest absolute Gasteiger partial charge is 0.271 e. The van der Waals surface area contributed by atoms with Gasteiger partial charge in [0.25, 0.3) is 5.69 Å². The summed E-state index contributed by atoms with van der Waals surface area (Å²) in [5, 5.41) is 19.7. The molecule has 0 aromatic heterocycles. The minimum Gasteiger partial charge on any atom is -0.293 e. The highest BCUT2D eigenvalue weighted by atomic mass is 35.5. The van der Waals surface area contributed by atoms with Gasteiger partial charge in [-0.3, -0.25) is 14.9 Å². The molecule has 0 aliphatic carbocycles. The number of hydrogen-bond donors (Lipinski definition) is 0. The van der Waals surface area contributed by atoms with Crippen LogP contribution in [0.3, 0.4) is 0 Å². The summed E-state index contributed by atoms with van der Waals surface area (Å²) in [5.74, 6) is -1.44. The summed E-state index contributed by atoms with van der Waals surface area (Å²) < 4.78 is 0. The van der Waals surface area contributed by atoms with E-state index in [9.17, 15) is 14.9 Å². The Kier molecular flexibility index (Phi) is 4.40. The number of nitro benzene ring substituents is 1. The Morgan fingerprint density at radius 1 is 1.44 bits per heavy atom.